The lowest BCUT2D eigenvalue weighted by Crippen LogP contribution is -2.66. The molecular weight excluding hydrogens is 490 g/mol. The zero-order valence-electron chi connectivity index (χ0n) is 21.2. The molecule has 33 heavy (non-hydrogen) atoms. The first-order valence-corrected chi connectivity index (χ1v) is 17.2. The van der Waals surface area contributed by atoms with E-state index in [0.29, 0.717) is 29.9 Å². The van der Waals surface area contributed by atoms with Gasteiger partial charge in [-0.2, -0.15) is 9.12 Å². The minimum atomic E-state index is -2.76. The Kier molecular flexibility index (Phi) is 9.04. The predicted octanol–water partition coefficient (Wildman–Crippen LogP) is 4.31. The highest BCUT2D eigenvalue weighted by molar-refractivity contribution is 7.80. The van der Waals surface area contributed by atoms with Crippen LogP contribution in [0.15, 0.2) is 18.7 Å². The standard InChI is InChI=1S/C21H40BN2O5PSSi2/c1-13(2)32(14(3)4)25-11-17-18(28-33(29-32,15(5)6)16(7)8)19(20(22-30)26-17)27-21(31)24-10-9-23-12-24/h9-10,12-20,22H,11,30H2,1-8H3/t17-,18?,19+,20-/m1/s1. The van der Waals surface area contributed by atoms with E-state index in [4.69, 9.17) is 34.7 Å². The molecule has 1 aromatic rings. The average Bonchev–Trinajstić information content (AvgIpc) is 3.36. The summed E-state index contributed by atoms with van der Waals surface area (Å²) in [5.41, 5.74) is 1.06. The van der Waals surface area contributed by atoms with Crippen LogP contribution in [-0.2, 0) is 22.4 Å². The van der Waals surface area contributed by atoms with E-state index in [1.807, 2.05) is 0 Å². The van der Waals surface area contributed by atoms with E-state index in [9.17, 15) is 0 Å². The summed E-state index contributed by atoms with van der Waals surface area (Å²) in [6, 6.07) is -0.173. The van der Waals surface area contributed by atoms with Gasteiger partial charge in [0.1, 0.15) is 24.6 Å². The third-order valence-electron chi connectivity index (χ3n) is 6.92. The number of hydrogen-bond acceptors (Lipinski definition) is 7. The van der Waals surface area contributed by atoms with E-state index in [-0.39, 0.29) is 35.4 Å². The Balaban J connectivity index is 2.02. The largest absolute Gasteiger partial charge is 0.462 e. The van der Waals surface area contributed by atoms with Gasteiger partial charge in [-0.1, -0.05) is 55.4 Å². The van der Waals surface area contributed by atoms with Gasteiger partial charge >= 0.3 is 17.1 Å². The summed E-state index contributed by atoms with van der Waals surface area (Å²) in [5, 5.41) is 0.340. The minimum absolute atomic E-state index is 0.173. The average molecular weight is 531 g/mol. The van der Waals surface area contributed by atoms with Crippen molar-refractivity contribution >= 4 is 50.6 Å². The van der Waals surface area contributed by atoms with Crippen LogP contribution in [0.4, 0.5) is 0 Å². The zero-order valence-corrected chi connectivity index (χ0v) is 25.2. The number of fused-ring (bicyclic) bond motifs is 1. The van der Waals surface area contributed by atoms with E-state index < -0.39 is 17.1 Å². The number of thiocarbonyl (C=S) groups is 1. The van der Waals surface area contributed by atoms with Gasteiger partial charge in [0.25, 0.3) is 5.17 Å². The number of nitrogens with zero attached hydrogens (tertiary/aromatic N) is 2. The molecule has 2 aliphatic rings. The lowest BCUT2D eigenvalue weighted by Gasteiger charge is -2.51. The van der Waals surface area contributed by atoms with Gasteiger partial charge in [-0.15, -0.1) is 0 Å². The normalized spacial score (nSPS) is 29.2. The molecule has 186 valence electrons. The lowest BCUT2D eigenvalue weighted by atomic mass is 9.91. The Labute approximate surface area is 209 Å². The summed E-state index contributed by atoms with van der Waals surface area (Å²) in [4.78, 5) is 4.08. The molecular formula is C21H40BN2O5PSSi2. The van der Waals surface area contributed by atoms with Gasteiger partial charge in [0.2, 0.25) is 0 Å². The highest BCUT2D eigenvalue weighted by Gasteiger charge is 2.62. The molecule has 2 unspecified atom stereocenters. The summed E-state index contributed by atoms with van der Waals surface area (Å²) in [6.07, 6.45) is 4.20. The van der Waals surface area contributed by atoms with Crippen LogP contribution in [-0.4, -0.2) is 69.8 Å². The highest BCUT2D eigenvalue weighted by Crippen LogP contribution is 2.47. The van der Waals surface area contributed by atoms with E-state index in [1.165, 1.54) is 0 Å². The summed E-state index contributed by atoms with van der Waals surface area (Å²) in [7, 11) is -2.59. The van der Waals surface area contributed by atoms with Gasteiger partial charge in [0, 0.05) is 12.4 Å². The lowest BCUT2D eigenvalue weighted by molar-refractivity contribution is -0.0310. The second-order valence-electron chi connectivity index (χ2n) is 10.3. The van der Waals surface area contributed by atoms with Crippen LogP contribution in [0.1, 0.15) is 55.4 Å². The molecule has 0 saturated carbocycles. The molecule has 2 aliphatic heterocycles. The van der Waals surface area contributed by atoms with Crippen molar-refractivity contribution in [3.8, 4) is 0 Å². The maximum Gasteiger partial charge on any atom is 0.335 e. The Morgan fingerprint density at radius 3 is 2.18 bits per heavy atom. The number of rotatable bonds is 6. The van der Waals surface area contributed by atoms with Crippen LogP contribution in [0, 0.1) is 0 Å². The van der Waals surface area contributed by atoms with Crippen LogP contribution in [0.25, 0.3) is 0 Å². The summed E-state index contributed by atoms with van der Waals surface area (Å²) < 4.78 is 35.8. The maximum absolute atomic E-state index is 7.28. The molecule has 0 bridgehead atoms. The van der Waals surface area contributed by atoms with Crippen LogP contribution in [0.2, 0.25) is 22.2 Å². The second-order valence-corrected chi connectivity index (χ2v) is 20.0. The predicted molar refractivity (Wildman–Crippen MR) is 144 cm³/mol. The van der Waals surface area contributed by atoms with Crippen molar-refractivity contribution < 1.29 is 22.4 Å². The van der Waals surface area contributed by atoms with Crippen molar-refractivity contribution in [2.24, 2.45) is 0 Å². The van der Waals surface area contributed by atoms with Crippen LogP contribution < -0.4 is 0 Å². The summed E-state index contributed by atoms with van der Waals surface area (Å²) >= 11 is 5.57. The number of imidazole rings is 1. The quantitative estimate of drug-likeness (QED) is 0.309. The topological polar surface area (TPSA) is 64.0 Å². The molecule has 0 radical (unpaired) electrons. The van der Waals surface area contributed by atoms with Crippen LogP contribution in [0.3, 0.4) is 0 Å². The molecule has 12 heteroatoms. The molecule has 3 rings (SSSR count). The zero-order chi connectivity index (χ0) is 24.6. The molecule has 0 amide bonds. The monoisotopic (exact) mass is 530 g/mol. The fourth-order valence-electron chi connectivity index (χ4n) is 5.09. The Bertz CT molecular complexity index is 786. The first-order chi connectivity index (χ1) is 15.5. The maximum atomic E-state index is 7.28. The fourth-order valence-corrected chi connectivity index (χ4v) is 16.9. The van der Waals surface area contributed by atoms with Crippen molar-refractivity contribution in [2.75, 3.05) is 6.61 Å². The first-order valence-electron chi connectivity index (χ1n) is 12.0. The third-order valence-corrected chi connectivity index (χ3v) is 17.9. The van der Waals surface area contributed by atoms with Gasteiger partial charge in [-0.05, 0) is 34.4 Å². The van der Waals surface area contributed by atoms with Crippen LogP contribution >= 0.6 is 21.3 Å². The number of ether oxygens (including phenoxy) is 2. The molecule has 0 spiro atoms. The van der Waals surface area contributed by atoms with Gasteiger partial charge in [0.15, 0.2) is 7.00 Å². The minimum Gasteiger partial charge on any atom is -0.462 e. The number of aromatic nitrogens is 2. The molecule has 2 fully saturated rings. The van der Waals surface area contributed by atoms with E-state index in [2.05, 4.69) is 69.5 Å². The fraction of sp³-hybridized carbons (Fsp3) is 0.810. The third kappa shape index (κ3) is 5.21. The van der Waals surface area contributed by atoms with Gasteiger partial charge in [-0.25, -0.2) is 4.98 Å². The Morgan fingerprint density at radius 1 is 1.09 bits per heavy atom. The second kappa shape index (κ2) is 10.9. The molecule has 1 aromatic heterocycles. The van der Waals surface area contributed by atoms with Gasteiger partial charge < -0.3 is 22.4 Å². The smallest absolute Gasteiger partial charge is 0.335 e. The van der Waals surface area contributed by atoms with Crippen molar-refractivity contribution in [1.82, 2.24) is 9.55 Å². The molecule has 2 saturated heterocycles. The molecule has 0 aromatic carbocycles. The SMILES string of the molecule is CC(C)[Si]1(C(C)C)OC[C@H]2O[C@@H](BP)[C@@H](OC(=S)n3ccnc3)C2O[Si](C(C)C)(C(C)C)O1. The van der Waals surface area contributed by atoms with E-state index >= 15 is 0 Å². The Hall–Kier alpha value is -0.131. The molecule has 0 aliphatic carbocycles. The highest BCUT2D eigenvalue weighted by atomic mass is 32.1. The number of hydrogen-bond donors (Lipinski definition) is 0. The Morgan fingerprint density at radius 2 is 1.70 bits per heavy atom. The molecule has 7 nitrogen and oxygen atoms in total. The van der Waals surface area contributed by atoms with Crippen molar-refractivity contribution in [2.45, 2.75) is 102 Å². The molecule has 0 N–H and O–H groups in total. The van der Waals surface area contributed by atoms with E-state index in [0.717, 1.165) is 0 Å². The first kappa shape index (κ1) is 27.5. The van der Waals surface area contributed by atoms with E-state index in [1.54, 1.807) is 23.3 Å². The summed E-state index contributed by atoms with van der Waals surface area (Å²) in [5.74, 6) is 0. The van der Waals surface area contributed by atoms with Gasteiger partial charge in [0.05, 0.1) is 12.6 Å². The van der Waals surface area contributed by atoms with Crippen molar-refractivity contribution in [1.29, 1.82) is 0 Å². The van der Waals surface area contributed by atoms with Gasteiger partial charge in [-0.3, -0.25) is 4.57 Å². The summed E-state index contributed by atoms with van der Waals surface area (Å²) in [6.45, 7) is 18.9. The van der Waals surface area contributed by atoms with Crippen molar-refractivity contribution in [3.63, 3.8) is 0 Å². The van der Waals surface area contributed by atoms with Crippen molar-refractivity contribution in [3.05, 3.63) is 18.7 Å². The van der Waals surface area contributed by atoms with Crippen LogP contribution in [0.5, 0.6) is 0 Å². The molecule has 5 atom stereocenters. The molecule has 3 heterocycles.